The Hall–Kier alpha value is -2.50. The monoisotopic (exact) mass is 261 g/mol. The van der Waals surface area contributed by atoms with Crippen LogP contribution in [0.3, 0.4) is 0 Å². The van der Waals surface area contributed by atoms with Gasteiger partial charge in [0.25, 0.3) is 0 Å². The lowest BCUT2D eigenvalue weighted by Gasteiger charge is -2.07. The van der Waals surface area contributed by atoms with Crippen molar-refractivity contribution in [3.8, 4) is 0 Å². The van der Waals surface area contributed by atoms with Crippen molar-refractivity contribution < 1.29 is 13.9 Å². The highest BCUT2D eigenvalue weighted by molar-refractivity contribution is 5.85. The van der Waals surface area contributed by atoms with E-state index in [1.807, 2.05) is 0 Å². The number of ether oxygens (including phenoxy) is 1. The van der Waals surface area contributed by atoms with Crippen LogP contribution in [0, 0.1) is 5.82 Å². The van der Waals surface area contributed by atoms with E-state index in [1.165, 1.54) is 19.4 Å². The molecular formula is C13H12FN3O2. The van der Waals surface area contributed by atoms with Crippen LogP contribution in [0.4, 0.5) is 10.2 Å². The molecule has 2 aromatic rings. The lowest BCUT2D eigenvalue weighted by atomic mass is 10.2. The number of aromatic nitrogens is 2. The predicted molar refractivity (Wildman–Crippen MR) is 67.1 cm³/mol. The first kappa shape index (κ1) is 12.9. The zero-order valence-corrected chi connectivity index (χ0v) is 10.3. The van der Waals surface area contributed by atoms with E-state index < -0.39 is 5.97 Å². The molecule has 1 aromatic heterocycles. The Morgan fingerprint density at radius 2 is 2.16 bits per heavy atom. The number of hydrogen-bond donors (Lipinski definition) is 1. The summed E-state index contributed by atoms with van der Waals surface area (Å²) in [6.07, 6.45) is 1.43. The largest absolute Gasteiger partial charge is 0.463 e. The maximum absolute atomic E-state index is 13.4. The minimum Gasteiger partial charge on any atom is -0.463 e. The van der Waals surface area contributed by atoms with Crippen molar-refractivity contribution in [2.24, 2.45) is 0 Å². The molecule has 0 saturated carbocycles. The molecule has 0 saturated heterocycles. The average molecular weight is 261 g/mol. The van der Waals surface area contributed by atoms with Crippen molar-refractivity contribution in [1.29, 1.82) is 0 Å². The van der Waals surface area contributed by atoms with Crippen LogP contribution in [-0.2, 0) is 11.3 Å². The predicted octanol–water partition coefficient (Wildman–Crippen LogP) is 2.01. The van der Waals surface area contributed by atoms with Crippen LogP contribution in [0.15, 0.2) is 36.5 Å². The molecule has 0 amide bonds. The van der Waals surface area contributed by atoms with Gasteiger partial charge in [0.1, 0.15) is 11.6 Å². The van der Waals surface area contributed by atoms with Gasteiger partial charge in [-0.3, -0.25) is 0 Å². The SMILES string of the molecule is COC(=O)c1nccc(NCc2ccccc2F)n1. The van der Waals surface area contributed by atoms with Gasteiger partial charge < -0.3 is 10.1 Å². The third kappa shape index (κ3) is 3.25. The summed E-state index contributed by atoms with van der Waals surface area (Å²) in [4.78, 5) is 19.0. The van der Waals surface area contributed by atoms with E-state index in [-0.39, 0.29) is 18.2 Å². The topological polar surface area (TPSA) is 64.1 Å². The third-order valence-electron chi connectivity index (χ3n) is 2.44. The van der Waals surface area contributed by atoms with Gasteiger partial charge in [-0.05, 0) is 12.1 Å². The smallest absolute Gasteiger partial charge is 0.376 e. The van der Waals surface area contributed by atoms with Crippen molar-refractivity contribution >= 4 is 11.8 Å². The average Bonchev–Trinajstić information content (AvgIpc) is 2.46. The third-order valence-corrected chi connectivity index (χ3v) is 2.44. The quantitative estimate of drug-likeness (QED) is 0.853. The van der Waals surface area contributed by atoms with E-state index in [2.05, 4.69) is 20.0 Å². The summed E-state index contributed by atoms with van der Waals surface area (Å²) in [6.45, 7) is 0.268. The first-order chi connectivity index (χ1) is 9.20. The summed E-state index contributed by atoms with van der Waals surface area (Å²) in [5, 5.41) is 2.92. The number of nitrogens with one attached hydrogen (secondary N) is 1. The summed E-state index contributed by atoms with van der Waals surface area (Å²) < 4.78 is 17.9. The zero-order valence-electron chi connectivity index (χ0n) is 10.3. The molecule has 0 radical (unpaired) electrons. The molecule has 0 unspecified atom stereocenters. The summed E-state index contributed by atoms with van der Waals surface area (Å²) in [7, 11) is 1.26. The fourth-order valence-electron chi connectivity index (χ4n) is 1.47. The van der Waals surface area contributed by atoms with Crippen LogP contribution < -0.4 is 5.32 Å². The summed E-state index contributed by atoms with van der Waals surface area (Å²) in [5.41, 5.74) is 0.515. The maximum atomic E-state index is 13.4. The fraction of sp³-hybridized carbons (Fsp3) is 0.154. The molecule has 0 fully saturated rings. The molecule has 2 rings (SSSR count). The summed E-state index contributed by atoms with van der Waals surface area (Å²) in [5.74, 6) is -0.522. The molecule has 98 valence electrons. The van der Waals surface area contributed by atoms with Gasteiger partial charge in [0.2, 0.25) is 5.82 Å². The molecule has 5 nitrogen and oxygen atoms in total. The molecule has 1 heterocycles. The second-order valence-electron chi connectivity index (χ2n) is 3.70. The molecule has 19 heavy (non-hydrogen) atoms. The van der Waals surface area contributed by atoms with Crippen LogP contribution in [0.1, 0.15) is 16.2 Å². The number of anilines is 1. The summed E-state index contributed by atoms with van der Waals surface area (Å²) in [6, 6.07) is 8.02. The Labute approximate surface area is 109 Å². The number of hydrogen-bond acceptors (Lipinski definition) is 5. The van der Waals surface area contributed by atoms with E-state index in [0.717, 1.165) is 0 Å². The molecule has 0 atom stereocenters. The Balaban J connectivity index is 2.08. The Kier molecular flexibility index (Phi) is 4.02. The van der Waals surface area contributed by atoms with E-state index in [9.17, 15) is 9.18 Å². The van der Waals surface area contributed by atoms with Gasteiger partial charge >= 0.3 is 5.97 Å². The lowest BCUT2D eigenvalue weighted by Crippen LogP contribution is -2.10. The minimum atomic E-state index is -0.616. The van der Waals surface area contributed by atoms with E-state index in [1.54, 1.807) is 24.3 Å². The minimum absolute atomic E-state index is 0.0407. The Morgan fingerprint density at radius 3 is 2.89 bits per heavy atom. The van der Waals surface area contributed by atoms with Gasteiger partial charge in [-0.2, -0.15) is 0 Å². The fourth-order valence-corrected chi connectivity index (χ4v) is 1.47. The number of esters is 1. The van der Waals surface area contributed by atoms with Crippen LogP contribution in [0.5, 0.6) is 0 Å². The second-order valence-corrected chi connectivity index (χ2v) is 3.70. The summed E-state index contributed by atoms with van der Waals surface area (Å²) >= 11 is 0. The number of nitrogens with zero attached hydrogens (tertiary/aromatic N) is 2. The van der Waals surface area contributed by atoms with Crippen LogP contribution in [-0.4, -0.2) is 23.0 Å². The van der Waals surface area contributed by atoms with Crippen molar-refractivity contribution in [3.05, 3.63) is 53.7 Å². The molecule has 0 bridgehead atoms. The van der Waals surface area contributed by atoms with Gasteiger partial charge in [0.15, 0.2) is 0 Å². The highest BCUT2D eigenvalue weighted by Crippen LogP contribution is 2.09. The van der Waals surface area contributed by atoms with Gasteiger partial charge in [-0.1, -0.05) is 18.2 Å². The Morgan fingerprint density at radius 1 is 1.37 bits per heavy atom. The Bertz CT molecular complexity index is 590. The van der Waals surface area contributed by atoms with Crippen molar-refractivity contribution in [2.75, 3.05) is 12.4 Å². The highest BCUT2D eigenvalue weighted by atomic mass is 19.1. The number of rotatable bonds is 4. The zero-order chi connectivity index (χ0) is 13.7. The normalized spacial score (nSPS) is 10.0. The van der Waals surface area contributed by atoms with Crippen LogP contribution in [0.2, 0.25) is 0 Å². The van der Waals surface area contributed by atoms with E-state index in [0.29, 0.717) is 11.4 Å². The molecular weight excluding hydrogens is 249 g/mol. The highest BCUT2D eigenvalue weighted by Gasteiger charge is 2.09. The first-order valence-electron chi connectivity index (χ1n) is 5.59. The van der Waals surface area contributed by atoms with Gasteiger partial charge in [0, 0.05) is 18.3 Å². The van der Waals surface area contributed by atoms with Gasteiger partial charge in [0.05, 0.1) is 7.11 Å². The molecule has 6 heteroatoms. The van der Waals surface area contributed by atoms with Crippen LogP contribution >= 0.6 is 0 Å². The first-order valence-corrected chi connectivity index (χ1v) is 5.59. The lowest BCUT2D eigenvalue weighted by molar-refractivity contribution is 0.0587. The number of carbonyl (C=O) groups is 1. The molecule has 0 aliphatic heterocycles. The molecule has 1 N–H and O–H groups in total. The second kappa shape index (κ2) is 5.90. The number of halogens is 1. The number of benzene rings is 1. The van der Waals surface area contributed by atoms with Crippen LogP contribution in [0.25, 0.3) is 0 Å². The van der Waals surface area contributed by atoms with E-state index in [4.69, 9.17) is 0 Å². The molecule has 0 aliphatic carbocycles. The van der Waals surface area contributed by atoms with E-state index >= 15 is 0 Å². The molecule has 0 aliphatic rings. The van der Waals surface area contributed by atoms with Crippen molar-refractivity contribution in [2.45, 2.75) is 6.54 Å². The number of methoxy groups -OCH3 is 1. The van der Waals surface area contributed by atoms with Gasteiger partial charge in [-0.25, -0.2) is 19.2 Å². The molecule has 0 spiro atoms. The maximum Gasteiger partial charge on any atom is 0.376 e. The van der Waals surface area contributed by atoms with Crippen molar-refractivity contribution in [1.82, 2.24) is 9.97 Å². The molecule has 1 aromatic carbocycles. The number of carbonyl (C=O) groups excluding carboxylic acids is 1. The standard InChI is InChI=1S/C13H12FN3O2/c1-19-13(18)12-15-7-6-11(17-12)16-8-9-4-2-3-5-10(9)14/h2-7H,8H2,1H3,(H,15,16,17). The van der Waals surface area contributed by atoms with Gasteiger partial charge in [-0.15, -0.1) is 0 Å². The van der Waals surface area contributed by atoms with Crippen molar-refractivity contribution in [3.63, 3.8) is 0 Å².